The molecule has 3 aromatic rings. The number of carbonyl (C=O) groups excluding carboxylic acids is 1. The summed E-state index contributed by atoms with van der Waals surface area (Å²) < 4.78 is 24.1. The van der Waals surface area contributed by atoms with Crippen LogP contribution in [0.15, 0.2) is 54.9 Å². The van der Waals surface area contributed by atoms with E-state index in [0.29, 0.717) is 29.7 Å². The van der Waals surface area contributed by atoms with Crippen molar-refractivity contribution >= 4 is 17.5 Å². The number of piperidine rings is 1. The molecule has 1 aromatic heterocycles. The number of nitrogens with one attached hydrogen (secondary N) is 1. The van der Waals surface area contributed by atoms with E-state index in [1.807, 2.05) is 11.0 Å². The predicted octanol–water partition coefficient (Wildman–Crippen LogP) is 4.16. The van der Waals surface area contributed by atoms with E-state index >= 15 is 0 Å². The smallest absolute Gasteiger partial charge is 0.229 e. The van der Waals surface area contributed by atoms with Crippen LogP contribution < -0.4 is 19.7 Å². The summed E-state index contributed by atoms with van der Waals surface area (Å²) in [5.41, 5.74) is 2.07. The standard InChI is InChI=1S/C24H25FN4O3/c1-31-20-8-9-21(22(12-20)32-2)28-23(30)17-6-4-10-29(15-17)24-26-13-18(14-27-24)16-5-3-7-19(25)11-16/h3,5,7-9,11-14,17H,4,6,10,15H2,1-2H3,(H,28,30). The summed E-state index contributed by atoms with van der Waals surface area (Å²) in [7, 11) is 3.13. The highest BCUT2D eigenvalue weighted by atomic mass is 19.1. The molecule has 0 spiro atoms. The van der Waals surface area contributed by atoms with Gasteiger partial charge in [0.1, 0.15) is 17.3 Å². The zero-order chi connectivity index (χ0) is 22.5. The molecule has 1 atom stereocenters. The number of hydrogen-bond donors (Lipinski definition) is 1. The van der Waals surface area contributed by atoms with E-state index < -0.39 is 0 Å². The van der Waals surface area contributed by atoms with Crippen molar-refractivity contribution in [2.45, 2.75) is 12.8 Å². The second-order valence-corrected chi connectivity index (χ2v) is 7.62. The van der Waals surface area contributed by atoms with Crippen molar-refractivity contribution in [2.75, 3.05) is 37.5 Å². The number of halogens is 1. The highest BCUT2D eigenvalue weighted by Gasteiger charge is 2.27. The molecule has 1 saturated heterocycles. The van der Waals surface area contributed by atoms with Crippen molar-refractivity contribution in [3.05, 3.63) is 60.7 Å². The minimum Gasteiger partial charge on any atom is -0.497 e. The van der Waals surface area contributed by atoms with Crippen molar-refractivity contribution in [3.63, 3.8) is 0 Å². The summed E-state index contributed by atoms with van der Waals surface area (Å²) in [6, 6.07) is 11.6. The van der Waals surface area contributed by atoms with Gasteiger partial charge in [0.25, 0.3) is 0 Å². The van der Waals surface area contributed by atoms with Gasteiger partial charge in [-0.2, -0.15) is 0 Å². The van der Waals surface area contributed by atoms with Gasteiger partial charge in [0, 0.05) is 37.1 Å². The summed E-state index contributed by atoms with van der Waals surface area (Å²) >= 11 is 0. The third kappa shape index (κ3) is 4.80. The molecule has 1 amide bonds. The number of ether oxygens (including phenoxy) is 2. The molecule has 1 unspecified atom stereocenters. The molecule has 4 rings (SSSR count). The molecule has 166 valence electrons. The Hall–Kier alpha value is -3.68. The maximum atomic E-state index is 13.5. The van der Waals surface area contributed by atoms with Crippen molar-refractivity contribution in [1.29, 1.82) is 0 Å². The monoisotopic (exact) mass is 436 g/mol. The highest BCUT2D eigenvalue weighted by Crippen LogP contribution is 2.30. The van der Waals surface area contributed by atoms with Crippen LogP contribution in [0.2, 0.25) is 0 Å². The number of methoxy groups -OCH3 is 2. The van der Waals surface area contributed by atoms with Gasteiger partial charge < -0.3 is 19.7 Å². The summed E-state index contributed by atoms with van der Waals surface area (Å²) in [6.07, 6.45) is 5.00. The lowest BCUT2D eigenvalue weighted by molar-refractivity contribution is -0.120. The van der Waals surface area contributed by atoms with Gasteiger partial charge in [0.15, 0.2) is 0 Å². The largest absolute Gasteiger partial charge is 0.497 e. The van der Waals surface area contributed by atoms with Crippen LogP contribution in [0.4, 0.5) is 16.0 Å². The molecule has 32 heavy (non-hydrogen) atoms. The highest BCUT2D eigenvalue weighted by molar-refractivity contribution is 5.94. The second kappa shape index (κ2) is 9.64. The van der Waals surface area contributed by atoms with Gasteiger partial charge in [-0.05, 0) is 42.7 Å². The Bertz CT molecular complexity index is 1090. The minimum absolute atomic E-state index is 0.0745. The zero-order valence-corrected chi connectivity index (χ0v) is 18.0. The van der Waals surface area contributed by atoms with Crippen LogP contribution in [-0.2, 0) is 4.79 Å². The van der Waals surface area contributed by atoms with Crippen LogP contribution in [0.25, 0.3) is 11.1 Å². The maximum absolute atomic E-state index is 13.5. The lowest BCUT2D eigenvalue weighted by atomic mass is 9.97. The molecule has 2 heterocycles. The molecular formula is C24H25FN4O3. The Labute approximate surface area is 186 Å². The fourth-order valence-corrected chi connectivity index (χ4v) is 3.81. The molecule has 1 aliphatic heterocycles. The Morgan fingerprint density at radius 1 is 1.09 bits per heavy atom. The number of rotatable bonds is 6. The molecule has 1 fully saturated rings. The molecule has 0 bridgehead atoms. The van der Waals surface area contributed by atoms with Gasteiger partial charge >= 0.3 is 0 Å². The molecule has 0 saturated carbocycles. The normalized spacial score (nSPS) is 15.8. The molecule has 1 aliphatic rings. The SMILES string of the molecule is COc1ccc(NC(=O)C2CCCN(c3ncc(-c4cccc(F)c4)cn3)C2)c(OC)c1. The lowest BCUT2D eigenvalue weighted by Crippen LogP contribution is -2.41. The number of benzene rings is 2. The van der Waals surface area contributed by atoms with Crippen molar-refractivity contribution < 1.29 is 18.7 Å². The van der Waals surface area contributed by atoms with Gasteiger partial charge in [-0.25, -0.2) is 14.4 Å². The van der Waals surface area contributed by atoms with E-state index in [0.717, 1.165) is 30.5 Å². The molecule has 8 heteroatoms. The van der Waals surface area contributed by atoms with Crippen molar-refractivity contribution in [3.8, 4) is 22.6 Å². The molecule has 2 aromatic carbocycles. The Morgan fingerprint density at radius 2 is 1.91 bits per heavy atom. The fraction of sp³-hybridized carbons (Fsp3) is 0.292. The van der Waals surface area contributed by atoms with Crippen LogP contribution in [0.3, 0.4) is 0 Å². The molecule has 1 N–H and O–H groups in total. The Morgan fingerprint density at radius 3 is 2.62 bits per heavy atom. The summed E-state index contributed by atoms with van der Waals surface area (Å²) in [4.78, 5) is 23.9. The first-order valence-corrected chi connectivity index (χ1v) is 10.4. The third-order valence-electron chi connectivity index (χ3n) is 5.54. The summed E-state index contributed by atoms with van der Waals surface area (Å²) in [5.74, 6) is 1.18. The number of anilines is 2. The Kier molecular flexibility index (Phi) is 6.49. The first kappa shape index (κ1) is 21.5. The second-order valence-electron chi connectivity index (χ2n) is 7.62. The Balaban J connectivity index is 1.43. The fourth-order valence-electron chi connectivity index (χ4n) is 3.81. The number of carbonyl (C=O) groups is 1. The summed E-state index contributed by atoms with van der Waals surface area (Å²) in [6.45, 7) is 1.29. The number of amides is 1. The quantitative estimate of drug-likeness (QED) is 0.626. The van der Waals surface area contributed by atoms with Gasteiger partial charge in [0.05, 0.1) is 25.8 Å². The third-order valence-corrected chi connectivity index (χ3v) is 5.54. The van der Waals surface area contributed by atoms with Gasteiger partial charge in [0.2, 0.25) is 11.9 Å². The van der Waals surface area contributed by atoms with Crippen LogP contribution in [0.1, 0.15) is 12.8 Å². The number of nitrogens with zero attached hydrogens (tertiary/aromatic N) is 3. The molecule has 0 radical (unpaired) electrons. The summed E-state index contributed by atoms with van der Waals surface area (Å²) in [5, 5.41) is 2.97. The van der Waals surface area contributed by atoms with Crippen molar-refractivity contribution in [1.82, 2.24) is 9.97 Å². The molecule has 0 aliphatic carbocycles. The molecule has 7 nitrogen and oxygen atoms in total. The number of aromatic nitrogens is 2. The first-order valence-electron chi connectivity index (χ1n) is 10.4. The molecular weight excluding hydrogens is 411 g/mol. The van der Waals surface area contributed by atoms with E-state index in [2.05, 4.69) is 15.3 Å². The number of hydrogen-bond acceptors (Lipinski definition) is 6. The average Bonchev–Trinajstić information content (AvgIpc) is 2.84. The van der Waals surface area contributed by atoms with E-state index in [9.17, 15) is 9.18 Å². The predicted molar refractivity (Wildman–Crippen MR) is 121 cm³/mol. The van der Waals surface area contributed by atoms with Crippen LogP contribution in [0.5, 0.6) is 11.5 Å². The zero-order valence-electron chi connectivity index (χ0n) is 18.0. The van der Waals surface area contributed by atoms with Crippen molar-refractivity contribution in [2.24, 2.45) is 5.92 Å². The van der Waals surface area contributed by atoms with Gasteiger partial charge in [-0.1, -0.05) is 12.1 Å². The van der Waals surface area contributed by atoms with Crippen LogP contribution in [0, 0.1) is 11.7 Å². The maximum Gasteiger partial charge on any atom is 0.229 e. The van der Waals surface area contributed by atoms with E-state index in [1.165, 1.54) is 12.1 Å². The lowest BCUT2D eigenvalue weighted by Gasteiger charge is -2.32. The topological polar surface area (TPSA) is 76.6 Å². The average molecular weight is 436 g/mol. The van der Waals surface area contributed by atoms with E-state index in [-0.39, 0.29) is 17.6 Å². The van der Waals surface area contributed by atoms with Gasteiger partial charge in [-0.3, -0.25) is 4.79 Å². The van der Waals surface area contributed by atoms with E-state index in [4.69, 9.17) is 9.47 Å². The van der Waals surface area contributed by atoms with Gasteiger partial charge in [-0.15, -0.1) is 0 Å². The van der Waals surface area contributed by atoms with Crippen LogP contribution >= 0.6 is 0 Å². The first-order chi connectivity index (χ1) is 15.6. The van der Waals surface area contributed by atoms with Crippen LogP contribution in [-0.4, -0.2) is 43.2 Å². The minimum atomic E-state index is -0.301. The van der Waals surface area contributed by atoms with E-state index in [1.54, 1.807) is 50.9 Å².